The molecule has 2 aromatic heterocycles. The first kappa shape index (κ1) is 16.5. The van der Waals surface area contributed by atoms with E-state index in [9.17, 15) is 4.79 Å². The topological polar surface area (TPSA) is 72.7 Å². The maximum absolute atomic E-state index is 12.6. The van der Waals surface area contributed by atoms with Crippen LogP contribution in [0.25, 0.3) is 21.8 Å². The summed E-state index contributed by atoms with van der Waals surface area (Å²) in [6, 6.07) is 14.0. The summed E-state index contributed by atoms with van der Waals surface area (Å²) in [5, 5.41) is 10.7. The number of nitrogens with one attached hydrogen (secondary N) is 1. The van der Waals surface area contributed by atoms with Crippen LogP contribution in [0.15, 0.2) is 60.0 Å². The van der Waals surface area contributed by atoms with Crippen LogP contribution in [0.4, 0.5) is 5.69 Å². The second-order valence-electron chi connectivity index (χ2n) is 6.00. The monoisotopic (exact) mass is 363 g/mol. The molecule has 130 valence electrons. The van der Waals surface area contributed by atoms with E-state index in [0.29, 0.717) is 0 Å². The maximum atomic E-state index is 12.6. The fourth-order valence-corrected chi connectivity index (χ4v) is 3.65. The van der Waals surface area contributed by atoms with E-state index in [1.54, 1.807) is 10.9 Å². The third kappa shape index (κ3) is 3.13. The van der Waals surface area contributed by atoms with Gasteiger partial charge in [0.15, 0.2) is 5.65 Å². The van der Waals surface area contributed by atoms with Gasteiger partial charge < -0.3 is 5.32 Å². The van der Waals surface area contributed by atoms with Gasteiger partial charge in [0.2, 0.25) is 5.91 Å². The minimum Gasteiger partial charge on any atom is -0.325 e. The van der Waals surface area contributed by atoms with E-state index in [4.69, 9.17) is 0 Å². The van der Waals surface area contributed by atoms with Gasteiger partial charge in [-0.05, 0) is 29.8 Å². The average Bonchev–Trinajstić information content (AvgIpc) is 3.04. The summed E-state index contributed by atoms with van der Waals surface area (Å²) in [6.07, 6.45) is 3.23. The standard InChI is InChI=1S/C19H17N5OS/c1-12(26-19-16-10-22-24(2)17(16)20-11-21-19)18(25)23-15-8-7-13-5-3-4-6-14(13)9-15/h3-12H,1-2H3,(H,23,25). The number of fused-ring (bicyclic) bond motifs is 2. The van der Waals surface area contributed by atoms with Crippen LogP contribution < -0.4 is 5.32 Å². The van der Waals surface area contributed by atoms with Gasteiger partial charge in [0.05, 0.1) is 16.8 Å². The Morgan fingerprint density at radius 2 is 1.96 bits per heavy atom. The van der Waals surface area contributed by atoms with Gasteiger partial charge >= 0.3 is 0 Å². The minimum absolute atomic E-state index is 0.0686. The molecule has 7 heteroatoms. The van der Waals surface area contributed by atoms with Crippen LogP contribution in [0.5, 0.6) is 0 Å². The zero-order chi connectivity index (χ0) is 18.1. The second kappa shape index (κ2) is 6.76. The normalized spacial score (nSPS) is 12.4. The smallest absolute Gasteiger partial charge is 0.237 e. The van der Waals surface area contributed by atoms with Gasteiger partial charge in [-0.3, -0.25) is 9.48 Å². The maximum Gasteiger partial charge on any atom is 0.237 e. The van der Waals surface area contributed by atoms with E-state index in [1.807, 2.05) is 56.4 Å². The van der Waals surface area contributed by atoms with Crippen molar-refractivity contribution in [3.05, 3.63) is 55.0 Å². The highest BCUT2D eigenvalue weighted by atomic mass is 32.2. The molecule has 0 aliphatic carbocycles. The van der Waals surface area contributed by atoms with Crippen molar-refractivity contribution in [3.63, 3.8) is 0 Å². The van der Waals surface area contributed by atoms with Crippen molar-refractivity contribution in [2.24, 2.45) is 7.05 Å². The molecule has 1 unspecified atom stereocenters. The van der Waals surface area contributed by atoms with Crippen LogP contribution in [-0.4, -0.2) is 30.9 Å². The van der Waals surface area contributed by atoms with E-state index >= 15 is 0 Å². The van der Waals surface area contributed by atoms with Gasteiger partial charge in [-0.2, -0.15) is 5.10 Å². The summed E-state index contributed by atoms with van der Waals surface area (Å²) in [7, 11) is 1.83. The zero-order valence-corrected chi connectivity index (χ0v) is 15.2. The number of benzene rings is 2. The lowest BCUT2D eigenvalue weighted by Crippen LogP contribution is -2.22. The molecule has 26 heavy (non-hydrogen) atoms. The third-order valence-electron chi connectivity index (χ3n) is 4.17. The summed E-state index contributed by atoms with van der Waals surface area (Å²) in [5.41, 5.74) is 1.54. The molecule has 2 aromatic carbocycles. The van der Waals surface area contributed by atoms with Gasteiger partial charge in [-0.25, -0.2) is 9.97 Å². The van der Waals surface area contributed by atoms with Crippen LogP contribution in [-0.2, 0) is 11.8 Å². The van der Waals surface area contributed by atoms with Crippen LogP contribution in [0.2, 0.25) is 0 Å². The van der Waals surface area contributed by atoms with Crippen molar-refractivity contribution >= 4 is 45.2 Å². The number of anilines is 1. The predicted octanol–water partition coefficient (Wildman–Crippen LogP) is 3.64. The van der Waals surface area contributed by atoms with E-state index in [2.05, 4.69) is 20.4 Å². The molecule has 1 amide bonds. The van der Waals surface area contributed by atoms with Crippen LogP contribution in [0.1, 0.15) is 6.92 Å². The van der Waals surface area contributed by atoms with Gasteiger partial charge in [-0.1, -0.05) is 42.1 Å². The molecule has 0 aliphatic heterocycles. The molecule has 0 radical (unpaired) electrons. The van der Waals surface area contributed by atoms with Crippen molar-refractivity contribution in [1.29, 1.82) is 0 Å². The zero-order valence-electron chi connectivity index (χ0n) is 14.4. The van der Waals surface area contributed by atoms with Crippen molar-refractivity contribution in [2.45, 2.75) is 17.2 Å². The summed E-state index contributed by atoms with van der Waals surface area (Å²) < 4.78 is 1.70. The number of thioether (sulfide) groups is 1. The molecule has 0 spiro atoms. The number of nitrogens with zero attached hydrogens (tertiary/aromatic N) is 4. The highest BCUT2D eigenvalue weighted by molar-refractivity contribution is 8.00. The van der Waals surface area contributed by atoms with Gasteiger partial charge in [0.25, 0.3) is 0 Å². The first-order valence-corrected chi connectivity index (χ1v) is 9.09. The lowest BCUT2D eigenvalue weighted by atomic mass is 10.1. The number of carbonyl (C=O) groups excluding carboxylic acids is 1. The Labute approximate surface area is 154 Å². The molecule has 6 nitrogen and oxygen atoms in total. The number of carbonyl (C=O) groups is 1. The quantitative estimate of drug-likeness (QED) is 0.443. The van der Waals surface area contributed by atoms with E-state index < -0.39 is 0 Å². The Balaban J connectivity index is 1.51. The molecule has 0 saturated carbocycles. The van der Waals surface area contributed by atoms with E-state index in [1.165, 1.54) is 18.1 Å². The Morgan fingerprint density at radius 1 is 1.15 bits per heavy atom. The van der Waals surface area contributed by atoms with Crippen LogP contribution in [0, 0.1) is 0 Å². The van der Waals surface area contributed by atoms with E-state index in [0.717, 1.165) is 32.5 Å². The Bertz CT molecular complexity index is 1110. The molecule has 1 atom stereocenters. The van der Waals surface area contributed by atoms with Crippen molar-refractivity contribution in [2.75, 3.05) is 5.32 Å². The Morgan fingerprint density at radius 3 is 2.81 bits per heavy atom. The molecule has 1 N–H and O–H groups in total. The molecule has 0 aliphatic rings. The van der Waals surface area contributed by atoms with Crippen molar-refractivity contribution in [1.82, 2.24) is 19.7 Å². The van der Waals surface area contributed by atoms with Gasteiger partial charge in [0, 0.05) is 12.7 Å². The molecule has 0 saturated heterocycles. The highest BCUT2D eigenvalue weighted by Crippen LogP contribution is 2.28. The number of aromatic nitrogens is 4. The number of hydrogen-bond acceptors (Lipinski definition) is 5. The van der Waals surface area contributed by atoms with Gasteiger partial charge in [0.1, 0.15) is 11.4 Å². The fourth-order valence-electron chi connectivity index (χ4n) is 2.77. The summed E-state index contributed by atoms with van der Waals surface area (Å²) >= 11 is 1.40. The number of hydrogen-bond donors (Lipinski definition) is 1. The second-order valence-corrected chi connectivity index (χ2v) is 7.33. The van der Waals surface area contributed by atoms with Crippen LogP contribution in [0.3, 0.4) is 0 Å². The fraction of sp³-hybridized carbons (Fsp3) is 0.158. The SMILES string of the molecule is CC(Sc1ncnc2c1cnn2C)C(=O)Nc1ccc2ccccc2c1. The lowest BCUT2D eigenvalue weighted by molar-refractivity contribution is -0.115. The number of rotatable bonds is 4. The average molecular weight is 363 g/mol. The largest absolute Gasteiger partial charge is 0.325 e. The molecule has 0 fully saturated rings. The Hall–Kier alpha value is -2.93. The molecular formula is C19H17N5OS. The molecule has 4 aromatic rings. The predicted molar refractivity (Wildman–Crippen MR) is 104 cm³/mol. The molecule has 2 heterocycles. The lowest BCUT2D eigenvalue weighted by Gasteiger charge is -2.12. The minimum atomic E-state index is -0.306. The summed E-state index contributed by atoms with van der Waals surface area (Å²) in [5.74, 6) is -0.0686. The molecule has 4 rings (SSSR count). The summed E-state index contributed by atoms with van der Waals surface area (Å²) in [6.45, 7) is 1.87. The highest BCUT2D eigenvalue weighted by Gasteiger charge is 2.18. The van der Waals surface area contributed by atoms with Crippen molar-refractivity contribution in [3.8, 4) is 0 Å². The Kier molecular flexibility index (Phi) is 4.30. The first-order chi connectivity index (χ1) is 12.6. The first-order valence-electron chi connectivity index (χ1n) is 8.21. The number of amides is 1. The third-order valence-corrected chi connectivity index (χ3v) is 5.28. The number of aryl methyl sites for hydroxylation is 1. The summed E-state index contributed by atoms with van der Waals surface area (Å²) in [4.78, 5) is 21.1. The molecular weight excluding hydrogens is 346 g/mol. The van der Waals surface area contributed by atoms with Crippen LogP contribution >= 0.6 is 11.8 Å². The van der Waals surface area contributed by atoms with Gasteiger partial charge in [-0.15, -0.1) is 0 Å². The van der Waals surface area contributed by atoms with E-state index in [-0.39, 0.29) is 11.2 Å². The molecule has 0 bridgehead atoms. The van der Waals surface area contributed by atoms with Crippen molar-refractivity contribution < 1.29 is 4.79 Å².